The molecule has 0 saturated carbocycles. The van der Waals surface area contributed by atoms with Crippen LogP contribution in [0.2, 0.25) is 0 Å². The molecule has 0 amide bonds. The number of ether oxygens (including phenoxy) is 2. The second kappa shape index (κ2) is 10.8. The molecule has 7 nitrogen and oxygen atoms in total. The molecule has 3 N–H and O–H groups in total. The fraction of sp³-hybridized carbons (Fsp3) is 0.500. The first-order valence-electron chi connectivity index (χ1n) is 10.1. The van der Waals surface area contributed by atoms with Crippen molar-refractivity contribution in [2.24, 2.45) is 4.99 Å². The zero-order valence-corrected chi connectivity index (χ0v) is 18.0. The van der Waals surface area contributed by atoms with Crippen LogP contribution in [0.15, 0.2) is 46.0 Å². The predicted octanol–water partition coefficient (Wildman–Crippen LogP) is 3.60. The van der Waals surface area contributed by atoms with Crippen LogP contribution >= 0.6 is 0 Å². The lowest BCUT2D eigenvalue weighted by Gasteiger charge is -2.22. The molecular weight excluding hydrogens is 370 g/mol. The summed E-state index contributed by atoms with van der Waals surface area (Å²) in [7, 11) is 0. The van der Waals surface area contributed by atoms with Gasteiger partial charge in [0.1, 0.15) is 11.4 Å². The summed E-state index contributed by atoms with van der Waals surface area (Å²) in [6.07, 6.45) is 1.54. The molecule has 1 heterocycles. The number of hydrogen-bond donors (Lipinski definition) is 3. The molecule has 29 heavy (non-hydrogen) atoms. The molecule has 0 aliphatic carbocycles. The first-order valence-corrected chi connectivity index (χ1v) is 10.1. The maximum atomic E-state index is 10.6. The van der Waals surface area contributed by atoms with Crippen LogP contribution in [0.25, 0.3) is 0 Å². The van der Waals surface area contributed by atoms with Gasteiger partial charge in [-0.2, -0.15) is 0 Å². The highest BCUT2D eigenvalue weighted by Crippen LogP contribution is 2.30. The lowest BCUT2D eigenvalue weighted by molar-refractivity contribution is 0.0437. The minimum Gasteiger partial charge on any atom is -0.490 e. The van der Waals surface area contributed by atoms with Crippen molar-refractivity contribution in [3.63, 3.8) is 0 Å². The highest BCUT2D eigenvalue weighted by atomic mass is 16.5. The first-order chi connectivity index (χ1) is 13.9. The van der Waals surface area contributed by atoms with Gasteiger partial charge in [-0.3, -0.25) is 0 Å². The Bertz CT molecular complexity index is 772. The zero-order valence-electron chi connectivity index (χ0n) is 18.0. The summed E-state index contributed by atoms with van der Waals surface area (Å²) in [4.78, 5) is 4.54. The summed E-state index contributed by atoms with van der Waals surface area (Å²) >= 11 is 0. The van der Waals surface area contributed by atoms with Gasteiger partial charge in [-0.05, 0) is 64.4 Å². The Labute approximate surface area is 173 Å². The molecule has 2 unspecified atom stereocenters. The summed E-state index contributed by atoms with van der Waals surface area (Å²) in [6, 6.07) is 9.38. The Kier molecular flexibility index (Phi) is 8.39. The summed E-state index contributed by atoms with van der Waals surface area (Å²) in [5.74, 6) is 2.56. The third-order valence-corrected chi connectivity index (χ3v) is 4.36. The van der Waals surface area contributed by atoms with E-state index >= 15 is 0 Å². The van der Waals surface area contributed by atoms with Crippen molar-refractivity contribution in [2.75, 3.05) is 26.3 Å². The average Bonchev–Trinajstić information content (AvgIpc) is 3.24. The molecule has 0 aliphatic heterocycles. The molecule has 0 aliphatic rings. The molecular formula is C22H33N3O4. The molecule has 1 aromatic heterocycles. The highest BCUT2D eigenvalue weighted by molar-refractivity contribution is 5.80. The minimum absolute atomic E-state index is 0.0313. The van der Waals surface area contributed by atoms with Crippen molar-refractivity contribution in [3.05, 3.63) is 47.9 Å². The van der Waals surface area contributed by atoms with Crippen molar-refractivity contribution in [1.29, 1.82) is 0 Å². The molecule has 160 valence electrons. The van der Waals surface area contributed by atoms with Crippen LogP contribution < -0.4 is 20.1 Å². The van der Waals surface area contributed by atoms with Gasteiger partial charge in [0, 0.05) is 6.54 Å². The van der Waals surface area contributed by atoms with Crippen LogP contribution in [0.5, 0.6) is 11.5 Å². The minimum atomic E-state index is -1.18. The van der Waals surface area contributed by atoms with Gasteiger partial charge in [0.2, 0.25) is 0 Å². The third kappa shape index (κ3) is 6.42. The van der Waals surface area contributed by atoms with Gasteiger partial charge >= 0.3 is 0 Å². The van der Waals surface area contributed by atoms with E-state index in [0.29, 0.717) is 31.5 Å². The molecule has 2 atom stereocenters. The van der Waals surface area contributed by atoms with E-state index in [1.165, 1.54) is 0 Å². The summed E-state index contributed by atoms with van der Waals surface area (Å²) < 4.78 is 16.7. The Morgan fingerprint density at radius 1 is 1.17 bits per heavy atom. The SMILES string of the molecule is CCNC(=NCC(C)(O)c1ccco1)NC(C)c1ccc(OCC)c(OCC)c1. The Morgan fingerprint density at radius 2 is 1.90 bits per heavy atom. The molecule has 2 aromatic rings. The Balaban J connectivity index is 2.14. The van der Waals surface area contributed by atoms with E-state index < -0.39 is 5.60 Å². The number of benzene rings is 1. The maximum Gasteiger partial charge on any atom is 0.191 e. The van der Waals surface area contributed by atoms with Gasteiger partial charge < -0.3 is 29.6 Å². The molecule has 1 aromatic carbocycles. The van der Waals surface area contributed by atoms with Gasteiger partial charge in [0.25, 0.3) is 0 Å². The number of nitrogens with one attached hydrogen (secondary N) is 2. The van der Waals surface area contributed by atoms with Gasteiger partial charge in [-0.15, -0.1) is 0 Å². The van der Waals surface area contributed by atoms with Crippen LogP contribution in [-0.2, 0) is 5.60 Å². The van der Waals surface area contributed by atoms with E-state index in [1.807, 2.05) is 45.9 Å². The van der Waals surface area contributed by atoms with Crippen molar-refractivity contribution in [3.8, 4) is 11.5 Å². The fourth-order valence-corrected chi connectivity index (χ4v) is 2.84. The fourth-order valence-electron chi connectivity index (χ4n) is 2.84. The lowest BCUT2D eigenvalue weighted by Crippen LogP contribution is -2.40. The van der Waals surface area contributed by atoms with Crippen LogP contribution in [0.4, 0.5) is 0 Å². The third-order valence-electron chi connectivity index (χ3n) is 4.36. The maximum absolute atomic E-state index is 10.6. The standard InChI is InChI=1S/C22H33N3O4/c1-6-23-21(24-15-22(5,26)20-10-9-13-29-20)25-16(4)17-11-12-18(27-7-2)19(14-17)28-8-3/h9-14,16,26H,6-8,15H2,1-5H3,(H2,23,24,25). The Morgan fingerprint density at radius 3 is 2.52 bits per heavy atom. The second-order valence-corrected chi connectivity index (χ2v) is 6.88. The molecule has 0 radical (unpaired) electrons. The van der Waals surface area contributed by atoms with E-state index in [4.69, 9.17) is 13.9 Å². The van der Waals surface area contributed by atoms with Crippen LogP contribution in [0.3, 0.4) is 0 Å². The van der Waals surface area contributed by atoms with Crippen molar-refractivity contribution in [2.45, 2.75) is 46.3 Å². The van der Waals surface area contributed by atoms with Crippen LogP contribution in [0.1, 0.15) is 52.0 Å². The van der Waals surface area contributed by atoms with Gasteiger partial charge in [-0.25, -0.2) is 4.99 Å². The van der Waals surface area contributed by atoms with E-state index in [1.54, 1.807) is 25.3 Å². The zero-order chi connectivity index (χ0) is 21.3. The quantitative estimate of drug-likeness (QED) is 0.415. The van der Waals surface area contributed by atoms with E-state index in [2.05, 4.69) is 15.6 Å². The number of aliphatic hydroxyl groups is 1. The molecule has 7 heteroatoms. The molecule has 0 bridgehead atoms. The molecule has 0 saturated heterocycles. The van der Waals surface area contributed by atoms with Crippen LogP contribution in [-0.4, -0.2) is 37.4 Å². The first kappa shape index (κ1) is 22.6. The Hall–Kier alpha value is -2.67. The number of guanidine groups is 1. The number of hydrogen-bond acceptors (Lipinski definition) is 5. The monoisotopic (exact) mass is 403 g/mol. The largest absolute Gasteiger partial charge is 0.490 e. The number of nitrogens with zero attached hydrogens (tertiary/aromatic N) is 1. The molecule has 0 fully saturated rings. The van der Waals surface area contributed by atoms with E-state index in [9.17, 15) is 5.11 Å². The summed E-state index contributed by atoms with van der Waals surface area (Å²) in [5.41, 5.74) is -0.142. The summed E-state index contributed by atoms with van der Waals surface area (Å²) in [6.45, 7) is 11.6. The normalized spacial score (nSPS) is 14.8. The average molecular weight is 404 g/mol. The molecule has 0 spiro atoms. The lowest BCUT2D eigenvalue weighted by atomic mass is 10.0. The van der Waals surface area contributed by atoms with Crippen molar-refractivity contribution < 1.29 is 19.0 Å². The number of rotatable bonds is 10. The topological polar surface area (TPSA) is 88.3 Å². The predicted molar refractivity (Wildman–Crippen MR) is 115 cm³/mol. The number of furan rings is 1. The number of aliphatic imine (C=N–C) groups is 1. The van der Waals surface area contributed by atoms with Crippen LogP contribution in [0, 0.1) is 0 Å². The molecule has 2 rings (SSSR count). The van der Waals surface area contributed by atoms with E-state index in [0.717, 1.165) is 17.1 Å². The van der Waals surface area contributed by atoms with E-state index in [-0.39, 0.29) is 12.6 Å². The second-order valence-electron chi connectivity index (χ2n) is 6.88. The smallest absolute Gasteiger partial charge is 0.191 e. The van der Waals surface area contributed by atoms with Gasteiger partial charge in [0.05, 0.1) is 32.1 Å². The van der Waals surface area contributed by atoms with Gasteiger partial charge in [0.15, 0.2) is 17.5 Å². The van der Waals surface area contributed by atoms with Crippen molar-refractivity contribution >= 4 is 5.96 Å². The summed E-state index contributed by atoms with van der Waals surface area (Å²) in [5, 5.41) is 17.2. The van der Waals surface area contributed by atoms with Crippen molar-refractivity contribution in [1.82, 2.24) is 10.6 Å². The van der Waals surface area contributed by atoms with Gasteiger partial charge in [-0.1, -0.05) is 6.07 Å². The highest BCUT2D eigenvalue weighted by Gasteiger charge is 2.26.